The zero-order valence-electron chi connectivity index (χ0n) is 13.8. The number of rotatable bonds is 2. The van der Waals surface area contributed by atoms with Gasteiger partial charge in [0.2, 0.25) is 5.82 Å². The van der Waals surface area contributed by atoms with Gasteiger partial charge in [0.15, 0.2) is 0 Å². The van der Waals surface area contributed by atoms with E-state index in [1.54, 1.807) is 16.2 Å². The van der Waals surface area contributed by atoms with Gasteiger partial charge in [0.05, 0.1) is 6.10 Å². The molecule has 2 aromatic heterocycles. The summed E-state index contributed by atoms with van der Waals surface area (Å²) in [4.78, 5) is 15.8. The van der Waals surface area contributed by atoms with Crippen molar-refractivity contribution in [3.8, 4) is 0 Å². The Morgan fingerprint density at radius 2 is 2.21 bits per heavy atom. The molecule has 7 heteroatoms. The minimum atomic E-state index is -0.524. The Morgan fingerprint density at radius 1 is 1.33 bits per heavy atom. The van der Waals surface area contributed by atoms with E-state index < -0.39 is 6.10 Å². The Kier molecular flexibility index (Phi) is 4.14. The number of nitrogens with zero attached hydrogens (tertiary/aromatic N) is 4. The third kappa shape index (κ3) is 2.65. The number of carbonyl (C=O) groups excluding carboxylic acids is 1. The van der Waals surface area contributed by atoms with Gasteiger partial charge in [-0.25, -0.2) is 0 Å². The quantitative estimate of drug-likeness (QED) is 0.902. The van der Waals surface area contributed by atoms with Gasteiger partial charge in [-0.05, 0) is 43.2 Å². The first-order chi connectivity index (χ1) is 11.6. The van der Waals surface area contributed by atoms with Crippen molar-refractivity contribution in [1.29, 1.82) is 0 Å². The third-order valence-electron chi connectivity index (χ3n) is 5.16. The number of aromatic nitrogens is 3. The number of likely N-dealkylation sites (tertiary alicyclic amines) is 1. The van der Waals surface area contributed by atoms with E-state index in [0.29, 0.717) is 18.9 Å². The summed E-state index contributed by atoms with van der Waals surface area (Å²) in [5, 5.41) is 20.9. The van der Waals surface area contributed by atoms with Gasteiger partial charge in [0.1, 0.15) is 5.82 Å². The smallest absolute Gasteiger partial charge is 0.291 e. The van der Waals surface area contributed by atoms with Gasteiger partial charge in [-0.15, -0.1) is 21.5 Å². The fourth-order valence-corrected chi connectivity index (χ4v) is 4.92. The number of fused-ring (bicyclic) bond motifs is 1. The van der Waals surface area contributed by atoms with E-state index in [9.17, 15) is 9.90 Å². The van der Waals surface area contributed by atoms with Gasteiger partial charge in [-0.3, -0.25) is 4.79 Å². The van der Waals surface area contributed by atoms with Gasteiger partial charge in [0, 0.05) is 36.9 Å². The predicted octanol–water partition coefficient (Wildman–Crippen LogP) is 1.97. The summed E-state index contributed by atoms with van der Waals surface area (Å²) in [5.41, 5.74) is 1.23. The number of amides is 1. The minimum absolute atomic E-state index is 0.101. The van der Waals surface area contributed by atoms with Crippen LogP contribution in [-0.2, 0) is 13.0 Å². The van der Waals surface area contributed by atoms with Gasteiger partial charge in [-0.1, -0.05) is 0 Å². The summed E-state index contributed by atoms with van der Waals surface area (Å²) in [5.74, 6) is 1.37. The fraction of sp³-hybridized carbons (Fsp3) is 0.588. The van der Waals surface area contributed by atoms with Crippen molar-refractivity contribution in [1.82, 2.24) is 19.7 Å². The lowest BCUT2D eigenvalue weighted by atomic mass is 9.90. The molecule has 1 saturated heterocycles. The first-order valence-electron chi connectivity index (χ1n) is 8.58. The average Bonchev–Trinajstić information content (AvgIpc) is 3.20. The Labute approximate surface area is 145 Å². The number of piperidine rings is 1. The van der Waals surface area contributed by atoms with Crippen molar-refractivity contribution in [3.05, 3.63) is 33.5 Å². The molecule has 4 heterocycles. The SMILES string of the molecule is Cc1ccsc1[C@@H]1CCN(C(=O)c2nnc3n2CCCC3)C[C@H]1O. The molecule has 0 bridgehead atoms. The zero-order chi connectivity index (χ0) is 16.7. The lowest BCUT2D eigenvalue weighted by molar-refractivity contribution is 0.0373. The van der Waals surface area contributed by atoms with Gasteiger partial charge in [0.25, 0.3) is 5.91 Å². The van der Waals surface area contributed by atoms with Crippen LogP contribution >= 0.6 is 11.3 Å². The maximum Gasteiger partial charge on any atom is 0.291 e. The highest BCUT2D eigenvalue weighted by molar-refractivity contribution is 7.10. The van der Waals surface area contributed by atoms with E-state index in [4.69, 9.17) is 0 Å². The molecule has 6 nitrogen and oxygen atoms in total. The maximum atomic E-state index is 12.8. The normalized spacial score (nSPS) is 24.0. The number of aryl methyl sites for hydroxylation is 2. The molecule has 0 aliphatic carbocycles. The number of aliphatic hydroxyl groups is 1. The summed E-state index contributed by atoms with van der Waals surface area (Å²) >= 11 is 1.70. The molecule has 24 heavy (non-hydrogen) atoms. The highest BCUT2D eigenvalue weighted by Crippen LogP contribution is 2.34. The minimum Gasteiger partial charge on any atom is -0.391 e. The van der Waals surface area contributed by atoms with Crippen LogP contribution < -0.4 is 0 Å². The number of aliphatic hydroxyl groups excluding tert-OH is 1. The summed E-state index contributed by atoms with van der Waals surface area (Å²) in [7, 11) is 0. The molecule has 2 aliphatic rings. The van der Waals surface area contributed by atoms with Crippen molar-refractivity contribution in [2.45, 2.75) is 51.2 Å². The molecule has 0 aromatic carbocycles. The lowest BCUT2D eigenvalue weighted by Crippen LogP contribution is -2.46. The summed E-state index contributed by atoms with van der Waals surface area (Å²) in [6.45, 7) is 3.92. The second-order valence-corrected chi connectivity index (χ2v) is 7.68. The van der Waals surface area contributed by atoms with Gasteiger partial charge in [-0.2, -0.15) is 0 Å². The fourth-order valence-electron chi connectivity index (χ4n) is 3.79. The van der Waals surface area contributed by atoms with E-state index in [1.807, 2.05) is 4.57 Å². The largest absolute Gasteiger partial charge is 0.391 e. The first kappa shape index (κ1) is 15.8. The molecule has 0 unspecified atom stereocenters. The Balaban J connectivity index is 1.50. The summed E-state index contributed by atoms with van der Waals surface area (Å²) in [6, 6.07) is 2.09. The van der Waals surface area contributed by atoms with E-state index in [1.165, 1.54) is 10.4 Å². The van der Waals surface area contributed by atoms with Crippen molar-refractivity contribution < 1.29 is 9.90 Å². The van der Waals surface area contributed by atoms with Crippen LogP contribution in [0.4, 0.5) is 0 Å². The number of hydrogen-bond acceptors (Lipinski definition) is 5. The van der Waals surface area contributed by atoms with Crippen LogP contribution in [0.15, 0.2) is 11.4 Å². The molecule has 1 fully saturated rings. The topological polar surface area (TPSA) is 71.2 Å². The third-order valence-corrected chi connectivity index (χ3v) is 6.31. The van der Waals surface area contributed by atoms with Crippen LogP contribution in [0.1, 0.15) is 52.1 Å². The van der Waals surface area contributed by atoms with Crippen LogP contribution in [-0.4, -0.2) is 49.9 Å². The molecule has 0 spiro atoms. The highest BCUT2D eigenvalue weighted by atomic mass is 32.1. The average molecular weight is 346 g/mol. The Bertz CT molecular complexity index is 754. The Hall–Kier alpha value is -1.73. The van der Waals surface area contributed by atoms with Crippen molar-refractivity contribution >= 4 is 17.2 Å². The van der Waals surface area contributed by atoms with Crippen LogP contribution in [0.3, 0.4) is 0 Å². The van der Waals surface area contributed by atoms with E-state index in [-0.39, 0.29) is 11.8 Å². The molecule has 128 valence electrons. The van der Waals surface area contributed by atoms with Crippen LogP contribution in [0.25, 0.3) is 0 Å². The molecule has 2 aliphatic heterocycles. The number of hydrogen-bond donors (Lipinski definition) is 1. The first-order valence-corrected chi connectivity index (χ1v) is 9.46. The predicted molar refractivity (Wildman–Crippen MR) is 91.3 cm³/mol. The second kappa shape index (κ2) is 6.29. The van der Waals surface area contributed by atoms with E-state index in [0.717, 1.165) is 38.1 Å². The number of carbonyl (C=O) groups is 1. The van der Waals surface area contributed by atoms with Crippen molar-refractivity contribution in [2.75, 3.05) is 13.1 Å². The molecule has 4 rings (SSSR count). The van der Waals surface area contributed by atoms with Crippen molar-refractivity contribution in [3.63, 3.8) is 0 Å². The van der Waals surface area contributed by atoms with Crippen LogP contribution in [0, 0.1) is 6.92 Å². The molecule has 2 aromatic rings. The molecular formula is C17H22N4O2S. The van der Waals surface area contributed by atoms with Crippen LogP contribution in [0.5, 0.6) is 0 Å². The molecule has 1 N–H and O–H groups in total. The summed E-state index contributed by atoms with van der Waals surface area (Å²) in [6.07, 6.45) is 3.33. The number of thiophene rings is 1. The molecule has 0 radical (unpaired) electrons. The maximum absolute atomic E-state index is 12.8. The highest BCUT2D eigenvalue weighted by Gasteiger charge is 2.34. The molecule has 2 atom stereocenters. The second-order valence-electron chi connectivity index (χ2n) is 6.73. The molecular weight excluding hydrogens is 324 g/mol. The van der Waals surface area contributed by atoms with Crippen molar-refractivity contribution in [2.24, 2.45) is 0 Å². The Morgan fingerprint density at radius 3 is 2.96 bits per heavy atom. The lowest BCUT2D eigenvalue weighted by Gasteiger charge is -2.35. The van der Waals surface area contributed by atoms with Gasteiger partial charge < -0.3 is 14.6 Å². The summed E-state index contributed by atoms with van der Waals surface area (Å²) < 4.78 is 1.95. The zero-order valence-corrected chi connectivity index (χ0v) is 14.6. The van der Waals surface area contributed by atoms with E-state index >= 15 is 0 Å². The molecule has 1 amide bonds. The van der Waals surface area contributed by atoms with Gasteiger partial charge >= 0.3 is 0 Å². The number of β-amino-alcohol motifs (C(OH)–C–C–N with tert-alkyl or cyclic N) is 1. The van der Waals surface area contributed by atoms with Crippen LogP contribution in [0.2, 0.25) is 0 Å². The monoisotopic (exact) mass is 346 g/mol. The van der Waals surface area contributed by atoms with E-state index in [2.05, 4.69) is 28.6 Å². The molecule has 0 saturated carbocycles. The standard InChI is InChI=1S/C17H22N4O2S/c1-11-6-9-24-15(11)12-5-8-20(10-13(12)22)17(23)16-19-18-14-4-2-3-7-21(14)16/h6,9,12-13,22H,2-5,7-8,10H2,1H3/t12-,13-/m1/s1.